The topological polar surface area (TPSA) is 61.5 Å². The number of ether oxygens (including phenoxy) is 2. The van der Waals surface area contributed by atoms with Gasteiger partial charge >= 0.3 is 5.97 Å². The minimum absolute atomic E-state index is 0.260. The lowest BCUT2D eigenvalue weighted by Crippen LogP contribution is -2.51. The molecule has 5 heteroatoms. The molecule has 1 unspecified atom stereocenters. The van der Waals surface area contributed by atoms with Crippen molar-refractivity contribution in [2.24, 2.45) is 5.73 Å². The van der Waals surface area contributed by atoms with Crippen LogP contribution in [-0.2, 0) is 9.53 Å². The molecule has 0 amide bonds. The molecule has 4 nitrogen and oxygen atoms in total. The zero-order chi connectivity index (χ0) is 12.2. The Kier molecular flexibility index (Phi) is 4.15. The lowest BCUT2D eigenvalue weighted by Gasteiger charge is -2.23. The third-order valence-corrected chi connectivity index (χ3v) is 2.08. The van der Waals surface area contributed by atoms with Crippen LogP contribution in [-0.4, -0.2) is 18.3 Å². The van der Waals surface area contributed by atoms with Crippen LogP contribution in [0.25, 0.3) is 0 Å². The van der Waals surface area contributed by atoms with Gasteiger partial charge in [0.2, 0.25) is 0 Å². The van der Waals surface area contributed by atoms with Gasteiger partial charge in [-0.2, -0.15) is 0 Å². The molecule has 0 fully saturated rings. The number of esters is 1. The van der Waals surface area contributed by atoms with E-state index in [1.807, 2.05) is 0 Å². The van der Waals surface area contributed by atoms with Gasteiger partial charge in [0, 0.05) is 11.9 Å². The summed E-state index contributed by atoms with van der Waals surface area (Å²) in [6.45, 7) is 3.41. The summed E-state index contributed by atoms with van der Waals surface area (Å²) in [5, 5.41) is 0.585. The number of hydrogen-bond donors (Lipinski definition) is 1. The van der Waals surface area contributed by atoms with Gasteiger partial charge in [0.1, 0.15) is 5.75 Å². The Morgan fingerprint density at radius 2 is 2.00 bits per heavy atom. The van der Waals surface area contributed by atoms with Crippen molar-refractivity contribution in [1.82, 2.24) is 0 Å². The minimum atomic E-state index is -1.50. The Balaban J connectivity index is 2.72. The van der Waals surface area contributed by atoms with Crippen molar-refractivity contribution in [1.29, 1.82) is 0 Å². The number of carbonyl (C=O) groups excluding carboxylic acids is 1. The second kappa shape index (κ2) is 5.18. The highest BCUT2D eigenvalue weighted by atomic mass is 35.5. The predicted octanol–water partition coefficient (Wildman–Crippen LogP) is 1.96. The molecule has 0 saturated carbocycles. The summed E-state index contributed by atoms with van der Waals surface area (Å²) in [6.07, 6.45) is 0. The van der Waals surface area contributed by atoms with Crippen LogP contribution in [0.2, 0.25) is 5.02 Å². The van der Waals surface area contributed by atoms with Gasteiger partial charge in [-0.15, -0.1) is 0 Å². The maximum atomic E-state index is 11.4. The average Bonchev–Trinajstić information content (AvgIpc) is 2.21. The molecule has 0 aliphatic carbocycles. The number of benzene rings is 1. The Labute approximate surface area is 99.3 Å². The summed E-state index contributed by atoms with van der Waals surface area (Å²) in [4.78, 5) is 11.4. The van der Waals surface area contributed by atoms with Gasteiger partial charge in [-0.1, -0.05) is 11.6 Å². The summed E-state index contributed by atoms with van der Waals surface area (Å²) < 4.78 is 10.1. The number of carbonyl (C=O) groups is 1. The van der Waals surface area contributed by atoms with Crippen molar-refractivity contribution in [3.8, 4) is 5.75 Å². The fraction of sp³-hybridized carbons (Fsp3) is 0.364. The standard InChI is InChI=1S/C11H14ClNO3/c1-3-15-10(14)11(2,13)16-9-6-4-8(12)5-7-9/h4-7H,3,13H2,1-2H3. The van der Waals surface area contributed by atoms with Gasteiger partial charge in [0.25, 0.3) is 5.72 Å². The first-order chi connectivity index (χ1) is 7.45. The van der Waals surface area contributed by atoms with Gasteiger partial charge in [0.15, 0.2) is 0 Å². The monoisotopic (exact) mass is 243 g/mol. The lowest BCUT2D eigenvalue weighted by atomic mass is 10.2. The summed E-state index contributed by atoms with van der Waals surface area (Å²) >= 11 is 5.72. The molecule has 1 aromatic rings. The smallest absolute Gasteiger partial charge is 0.365 e. The van der Waals surface area contributed by atoms with Crippen LogP contribution in [0.3, 0.4) is 0 Å². The molecule has 16 heavy (non-hydrogen) atoms. The Morgan fingerprint density at radius 1 is 1.44 bits per heavy atom. The van der Waals surface area contributed by atoms with Gasteiger partial charge in [-0.3, -0.25) is 5.73 Å². The summed E-state index contributed by atoms with van der Waals surface area (Å²) in [7, 11) is 0. The van der Waals surface area contributed by atoms with E-state index >= 15 is 0 Å². The fourth-order valence-electron chi connectivity index (χ4n) is 1.06. The highest BCUT2D eigenvalue weighted by Gasteiger charge is 2.32. The molecule has 0 spiro atoms. The summed E-state index contributed by atoms with van der Waals surface area (Å²) in [5.74, 6) is -0.146. The number of hydrogen-bond acceptors (Lipinski definition) is 4. The number of rotatable bonds is 4. The van der Waals surface area contributed by atoms with Gasteiger partial charge in [0.05, 0.1) is 6.61 Å². The molecule has 0 aliphatic heterocycles. The van der Waals surface area contributed by atoms with E-state index in [9.17, 15) is 4.79 Å². The first-order valence-corrected chi connectivity index (χ1v) is 5.24. The highest BCUT2D eigenvalue weighted by molar-refractivity contribution is 6.30. The van der Waals surface area contributed by atoms with Crippen LogP contribution in [0.4, 0.5) is 0 Å². The van der Waals surface area contributed by atoms with Crippen LogP contribution < -0.4 is 10.5 Å². The molecular formula is C11H14ClNO3. The van der Waals surface area contributed by atoms with Crippen LogP contribution in [0.1, 0.15) is 13.8 Å². The normalized spacial score (nSPS) is 14.0. The molecule has 0 aliphatic rings. The fourth-order valence-corrected chi connectivity index (χ4v) is 1.19. The van der Waals surface area contributed by atoms with Crippen LogP contribution >= 0.6 is 11.6 Å². The first-order valence-electron chi connectivity index (χ1n) is 4.86. The van der Waals surface area contributed by atoms with Gasteiger partial charge < -0.3 is 9.47 Å². The van der Waals surface area contributed by atoms with E-state index in [1.54, 1.807) is 31.2 Å². The van der Waals surface area contributed by atoms with Crippen LogP contribution in [0.15, 0.2) is 24.3 Å². The molecule has 1 aromatic carbocycles. The van der Waals surface area contributed by atoms with Gasteiger partial charge in [-0.25, -0.2) is 4.79 Å². The molecule has 0 aromatic heterocycles. The van der Waals surface area contributed by atoms with Crippen LogP contribution in [0.5, 0.6) is 5.75 Å². The number of halogens is 1. The van der Waals surface area contributed by atoms with E-state index in [1.165, 1.54) is 6.92 Å². The maximum absolute atomic E-state index is 11.4. The van der Waals surface area contributed by atoms with Crippen molar-refractivity contribution in [2.75, 3.05) is 6.61 Å². The predicted molar refractivity (Wildman–Crippen MR) is 61.3 cm³/mol. The molecule has 2 N–H and O–H groups in total. The lowest BCUT2D eigenvalue weighted by molar-refractivity contribution is -0.159. The molecule has 0 radical (unpaired) electrons. The van der Waals surface area contributed by atoms with Crippen molar-refractivity contribution < 1.29 is 14.3 Å². The van der Waals surface area contributed by atoms with Crippen molar-refractivity contribution >= 4 is 17.6 Å². The largest absolute Gasteiger partial charge is 0.462 e. The first kappa shape index (κ1) is 12.8. The summed E-state index contributed by atoms with van der Waals surface area (Å²) in [6, 6.07) is 6.57. The molecule has 0 heterocycles. The van der Waals surface area contributed by atoms with Crippen LogP contribution in [0, 0.1) is 0 Å². The van der Waals surface area contributed by atoms with Gasteiger partial charge in [-0.05, 0) is 31.2 Å². The molecule has 1 atom stereocenters. The highest BCUT2D eigenvalue weighted by Crippen LogP contribution is 2.19. The van der Waals surface area contributed by atoms with E-state index in [2.05, 4.69) is 0 Å². The SMILES string of the molecule is CCOC(=O)C(C)(N)Oc1ccc(Cl)cc1. The molecule has 0 bridgehead atoms. The number of nitrogens with two attached hydrogens (primary N) is 1. The molecule has 88 valence electrons. The van der Waals surface area contributed by atoms with E-state index in [4.69, 9.17) is 26.8 Å². The third-order valence-electron chi connectivity index (χ3n) is 1.82. The Bertz CT molecular complexity index is 362. The van der Waals surface area contributed by atoms with E-state index in [-0.39, 0.29) is 6.61 Å². The van der Waals surface area contributed by atoms with E-state index < -0.39 is 11.7 Å². The zero-order valence-corrected chi connectivity index (χ0v) is 9.95. The Morgan fingerprint density at radius 3 is 2.50 bits per heavy atom. The molecule has 1 rings (SSSR count). The second-order valence-electron chi connectivity index (χ2n) is 3.38. The van der Waals surface area contributed by atoms with E-state index in [0.717, 1.165) is 0 Å². The summed E-state index contributed by atoms with van der Waals surface area (Å²) in [5.41, 5.74) is 4.19. The molecule has 0 saturated heterocycles. The van der Waals surface area contributed by atoms with Crippen molar-refractivity contribution in [3.05, 3.63) is 29.3 Å². The third kappa shape index (κ3) is 3.40. The minimum Gasteiger partial charge on any atom is -0.462 e. The van der Waals surface area contributed by atoms with Crippen molar-refractivity contribution in [2.45, 2.75) is 19.6 Å². The Hall–Kier alpha value is -1.26. The molecular weight excluding hydrogens is 230 g/mol. The second-order valence-corrected chi connectivity index (χ2v) is 3.82. The van der Waals surface area contributed by atoms with Crippen molar-refractivity contribution in [3.63, 3.8) is 0 Å². The average molecular weight is 244 g/mol. The maximum Gasteiger partial charge on any atom is 0.365 e. The van der Waals surface area contributed by atoms with E-state index in [0.29, 0.717) is 10.8 Å². The quantitative estimate of drug-likeness (QED) is 0.649. The zero-order valence-electron chi connectivity index (χ0n) is 9.20.